The summed E-state index contributed by atoms with van der Waals surface area (Å²) >= 11 is 0. The van der Waals surface area contributed by atoms with E-state index in [1.165, 1.54) is 7.11 Å². The van der Waals surface area contributed by atoms with Crippen LogP contribution in [0, 0.1) is 5.41 Å². The Labute approximate surface area is 121 Å². The van der Waals surface area contributed by atoms with E-state index in [-0.39, 0.29) is 12.3 Å². The summed E-state index contributed by atoms with van der Waals surface area (Å²) in [6.45, 7) is 0. The van der Waals surface area contributed by atoms with Gasteiger partial charge in [0.1, 0.15) is 12.3 Å². The number of carbonyl (C=O) groups excluding carboxylic acids is 2. The third-order valence-electron chi connectivity index (χ3n) is 3.00. The minimum absolute atomic E-state index is 0.0485. The molecule has 2 aromatic carbocycles. The topological polar surface area (TPSA) is 105 Å². The zero-order valence-electron chi connectivity index (χ0n) is 11.5. The number of nitrogens with one attached hydrogen (secondary N) is 2. The number of benzene rings is 2. The van der Waals surface area contributed by atoms with Crippen LogP contribution in [0.1, 0.15) is 12.0 Å². The Kier molecular flexibility index (Phi) is 4.18. The number of carbonyl (C=O) groups is 2. The number of amidine groups is 1. The summed E-state index contributed by atoms with van der Waals surface area (Å²) in [6, 6.07) is 10.7. The van der Waals surface area contributed by atoms with Gasteiger partial charge in [-0.15, -0.1) is 0 Å². The number of ether oxygens (including phenoxy) is 1. The van der Waals surface area contributed by atoms with E-state index in [1.54, 1.807) is 24.3 Å². The van der Waals surface area contributed by atoms with Gasteiger partial charge in [0, 0.05) is 16.6 Å². The van der Waals surface area contributed by atoms with Gasteiger partial charge >= 0.3 is 5.97 Å². The SMILES string of the molecule is COC(=O)CC(=O)Nc1cccc2ccc(C(=N)N)cc12. The van der Waals surface area contributed by atoms with Crippen LogP contribution >= 0.6 is 0 Å². The summed E-state index contributed by atoms with van der Waals surface area (Å²) < 4.78 is 4.45. The Morgan fingerprint density at radius 3 is 2.71 bits per heavy atom. The van der Waals surface area contributed by atoms with Crippen LogP contribution in [0.15, 0.2) is 36.4 Å². The van der Waals surface area contributed by atoms with Gasteiger partial charge in [-0.1, -0.05) is 24.3 Å². The molecule has 0 heterocycles. The van der Waals surface area contributed by atoms with Crippen molar-refractivity contribution in [2.45, 2.75) is 6.42 Å². The number of nitrogen functional groups attached to an aromatic ring is 1. The molecule has 0 aromatic heterocycles. The molecule has 6 nitrogen and oxygen atoms in total. The average molecular weight is 285 g/mol. The Morgan fingerprint density at radius 2 is 2.05 bits per heavy atom. The predicted octanol–water partition coefficient (Wildman–Crippen LogP) is 1.63. The van der Waals surface area contributed by atoms with E-state index < -0.39 is 11.9 Å². The minimum Gasteiger partial charge on any atom is -0.469 e. The van der Waals surface area contributed by atoms with Crippen molar-refractivity contribution in [2.75, 3.05) is 12.4 Å². The Hall–Kier alpha value is -2.89. The highest BCUT2D eigenvalue weighted by molar-refractivity contribution is 6.08. The van der Waals surface area contributed by atoms with Gasteiger partial charge in [0.25, 0.3) is 0 Å². The monoisotopic (exact) mass is 285 g/mol. The molecule has 4 N–H and O–H groups in total. The first-order chi connectivity index (χ1) is 10.0. The van der Waals surface area contributed by atoms with Gasteiger partial charge in [0.05, 0.1) is 7.11 Å². The van der Waals surface area contributed by atoms with Gasteiger partial charge in [0.2, 0.25) is 5.91 Å². The highest BCUT2D eigenvalue weighted by Crippen LogP contribution is 2.24. The minimum atomic E-state index is -0.600. The number of hydrogen-bond donors (Lipinski definition) is 3. The van der Waals surface area contributed by atoms with Gasteiger partial charge in [-0.2, -0.15) is 0 Å². The van der Waals surface area contributed by atoms with Crippen molar-refractivity contribution in [3.8, 4) is 0 Å². The highest BCUT2D eigenvalue weighted by Gasteiger charge is 2.11. The Bertz CT molecular complexity index is 725. The van der Waals surface area contributed by atoms with Crippen LogP contribution in [-0.4, -0.2) is 24.8 Å². The molecule has 0 radical (unpaired) electrons. The molecule has 1 amide bonds. The lowest BCUT2D eigenvalue weighted by Gasteiger charge is -2.09. The highest BCUT2D eigenvalue weighted by atomic mass is 16.5. The predicted molar refractivity (Wildman–Crippen MR) is 80.2 cm³/mol. The fourth-order valence-electron chi connectivity index (χ4n) is 1.95. The number of rotatable bonds is 4. The van der Waals surface area contributed by atoms with Gasteiger partial charge in [-0.3, -0.25) is 15.0 Å². The molecule has 2 rings (SSSR count). The number of hydrogen-bond acceptors (Lipinski definition) is 4. The summed E-state index contributed by atoms with van der Waals surface area (Å²) in [5.74, 6) is -1.10. The number of nitrogens with two attached hydrogens (primary N) is 1. The Balaban J connectivity index is 2.34. The van der Waals surface area contributed by atoms with Crippen molar-refractivity contribution in [1.29, 1.82) is 5.41 Å². The largest absolute Gasteiger partial charge is 0.469 e. The number of methoxy groups -OCH3 is 1. The molecule has 0 aliphatic rings. The van der Waals surface area contributed by atoms with Gasteiger partial charge in [0.15, 0.2) is 0 Å². The van der Waals surface area contributed by atoms with E-state index in [0.29, 0.717) is 11.3 Å². The Morgan fingerprint density at radius 1 is 1.29 bits per heavy atom. The quantitative estimate of drug-likeness (QED) is 0.343. The molecular formula is C15H15N3O3. The molecule has 0 saturated heterocycles. The van der Waals surface area contributed by atoms with E-state index in [0.717, 1.165) is 10.8 Å². The van der Waals surface area contributed by atoms with E-state index in [4.69, 9.17) is 11.1 Å². The molecular weight excluding hydrogens is 270 g/mol. The fraction of sp³-hybridized carbons (Fsp3) is 0.133. The molecule has 0 spiro atoms. The lowest BCUT2D eigenvalue weighted by Crippen LogP contribution is -2.17. The number of esters is 1. The average Bonchev–Trinajstić information content (AvgIpc) is 2.46. The molecule has 0 aliphatic heterocycles. The molecule has 0 saturated carbocycles. The van der Waals surface area contributed by atoms with Crippen LogP contribution < -0.4 is 11.1 Å². The van der Waals surface area contributed by atoms with Crippen molar-refractivity contribution >= 4 is 34.2 Å². The van der Waals surface area contributed by atoms with E-state index in [9.17, 15) is 9.59 Å². The lowest BCUT2D eigenvalue weighted by molar-refractivity contribution is -0.142. The first kappa shape index (κ1) is 14.5. The zero-order valence-corrected chi connectivity index (χ0v) is 11.5. The van der Waals surface area contributed by atoms with Gasteiger partial charge in [-0.25, -0.2) is 0 Å². The van der Waals surface area contributed by atoms with Crippen molar-refractivity contribution in [2.24, 2.45) is 5.73 Å². The maximum Gasteiger partial charge on any atom is 0.315 e. The van der Waals surface area contributed by atoms with E-state index >= 15 is 0 Å². The zero-order chi connectivity index (χ0) is 15.4. The summed E-state index contributed by atoms with van der Waals surface area (Å²) in [6.07, 6.45) is -0.348. The van der Waals surface area contributed by atoms with Crippen molar-refractivity contribution in [3.63, 3.8) is 0 Å². The second-order valence-electron chi connectivity index (χ2n) is 4.46. The fourth-order valence-corrected chi connectivity index (χ4v) is 1.95. The summed E-state index contributed by atoms with van der Waals surface area (Å²) in [7, 11) is 1.23. The number of amides is 1. The third-order valence-corrected chi connectivity index (χ3v) is 3.00. The first-order valence-electron chi connectivity index (χ1n) is 6.25. The van der Waals surface area contributed by atoms with Crippen LogP contribution in [0.2, 0.25) is 0 Å². The second-order valence-corrected chi connectivity index (χ2v) is 4.46. The van der Waals surface area contributed by atoms with Crippen molar-refractivity contribution in [3.05, 3.63) is 42.0 Å². The smallest absolute Gasteiger partial charge is 0.315 e. The second kappa shape index (κ2) is 6.04. The number of anilines is 1. The molecule has 108 valence electrons. The third kappa shape index (κ3) is 3.36. The first-order valence-corrected chi connectivity index (χ1v) is 6.25. The van der Waals surface area contributed by atoms with Gasteiger partial charge < -0.3 is 15.8 Å². The molecule has 21 heavy (non-hydrogen) atoms. The molecule has 0 aliphatic carbocycles. The molecule has 0 bridgehead atoms. The molecule has 2 aromatic rings. The van der Waals surface area contributed by atoms with Crippen LogP contribution in [0.25, 0.3) is 10.8 Å². The molecule has 0 atom stereocenters. The lowest BCUT2D eigenvalue weighted by atomic mass is 10.0. The summed E-state index contributed by atoms with van der Waals surface area (Å²) in [4.78, 5) is 22.9. The maximum atomic E-state index is 11.8. The van der Waals surface area contributed by atoms with Crippen molar-refractivity contribution < 1.29 is 14.3 Å². The van der Waals surface area contributed by atoms with Gasteiger partial charge in [-0.05, 0) is 17.5 Å². The maximum absolute atomic E-state index is 11.8. The van der Waals surface area contributed by atoms with Crippen LogP contribution in [0.5, 0.6) is 0 Å². The molecule has 0 unspecified atom stereocenters. The molecule has 0 fully saturated rings. The van der Waals surface area contributed by atoms with Crippen LogP contribution in [-0.2, 0) is 14.3 Å². The van der Waals surface area contributed by atoms with Crippen molar-refractivity contribution in [1.82, 2.24) is 0 Å². The standard InChI is InChI=1S/C15H15N3O3/c1-21-14(20)8-13(19)18-12-4-2-3-9-5-6-10(15(16)17)7-11(9)12/h2-7H,8H2,1H3,(H3,16,17)(H,18,19). The van der Waals surface area contributed by atoms with E-state index in [1.807, 2.05) is 12.1 Å². The summed E-state index contributed by atoms with van der Waals surface area (Å²) in [5, 5.41) is 11.8. The van der Waals surface area contributed by atoms with Crippen LogP contribution in [0.3, 0.4) is 0 Å². The van der Waals surface area contributed by atoms with Crippen LogP contribution in [0.4, 0.5) is 5.69 Å². The molecule has 6 heteroatoms. The normalized spacial score (nSPS) is 10.1. The van der Waals surface area contributed by atoms with E-state index in [2.05, 4.69) is 10.1 Å². The number of fused-ring (bicyclic) bond motifs is 1. The summed E-state index contributed by atoms with van der Waals surface area (Å²) in [5.41, 5.74) is 6.60.